The van der Waals surface area contributed by atoms with Crippen molar-refractivity contribution in [3.8, 4) is 11.6 Å². The molecule has 34 heavy (non-hydrogen) atoms. The number of hydrogen-bond acceptors (Lipinski definition) is 5. The molecule has 3 aromatic rings. The molecule has 1 aliphatic carbocycles. The number of ether oxygens (including phenoxy) is 1. The van der Waals surface area contributed by atoms with Crippen LogP contribution in [0.1, 0.15) is 25.3 Å². The minimum Gasteiger partial charge on any atom is -0.439 e. The van der Waals surface area contributed by atoms with E-state index in [-0.39, 0.29) is 34.0 Å². The molecular formula is C23H20ClF2N5O3. The summed E-state index contributed by atoms with van der Waals surface area (Å²) in [6.45, 7) is 0.727. The van der Waals surface area contributed by atoms with Crippen LogP contribution < -0.4 is 20.7 Å². The number of hydrogen-bond donors (Lipinski definition) is 3. The maximum atomic E-state index is 13.7. The number of alkyl halides is 2. The number of carbonyl (C=O) groups is 2. The van der Waals surface area contributed by atoms with Crippen molar-refractivity contribution >= 4 is 40.7 Å². The highest BCUT2D eigenvalue weighted by molar-refractivity contribution is 6.31. The number of amides is 3. The molecule has 0 unspecified atom stereocenters. The van der Waals surface area contributed by atoms with Crippen LogP contribution in [0.3, 0.4) is 0 Å². The van der Waals surface area contributed by atoms with Crippen molar-refractivity contribution in [2.75, 3.05) is 16.0 Å². The standard InChI is InChI=1S/C23H20ClF2N5O3/c1-23(25,26)17-10-15(7-8-18(17)24)30-22(33)29-14-3-2-4-16(9-14)34-20-11-19(27-12-28-20)31-21(32)13-5-6-13/h2-4,7-13H,5-6H2,1H3,(H2,29,30,33)(H,27,28,31,32). The Balaban J connectivity index is 1.39. The highest BCUT2D eigenvalue weighted by Crippen LogP contribution is 2.35. The molecule has 0 atom stereocenters. The van der Waals surface area contributed by atoms with Crippen LogP contribution in [0.5, 0.6) is 11.6 Å². The number of nitrogens with one attached hydrogen (secondary N) is 3. The second-order valence-electron chi connectivity index (χ2n) is 7.80. The predicted octanol–water partition coefficient (Wildman–Crippen LogP) is 6.03. The fraction of sp³-hybridized carbons (Fsp3) is 0.217. The smallest absolute Gasteiger partial charge is 0.323 e. The molecule has 0 bridgehead atoms. The van der Waals surface area contributed by atoms with Gasteiger partial charge in [0, 0.05) is 46.9 Å². The van der Waals surface area contributed by atoms with Gasteiger partial charge in [-0.2, -0.15) is 0 Å². The van der Waals surface area contributed by atoms with Crippen LogP contribution >= 0.6 is 11.6 Å². The van der Waals surface area contributed by atoms with E-state index in [1.165, 1.54) is 24.5 Å². The Hall–Kier alpha value is -3.79. The number of carbonyl (C=O) groups excluding carboxylic acids is 2. The molecule has 3 N–H and O–H groups in total. The average molecular weight is 488 g/mol. The number of urea groups is 1. The zero-order valence-electron chi connectivity index (χ0n) is 17.9. The highest BCUT2D eigenvalue weighted by atomic mass is 35.5. The topological polar surface area (TPSA) is 105 Å². The summed E-state index contributed by atoms with van der Waals surface area (Å²) in [7, 11) is 0. The molecule has 1 aromatic heterocycles. The first-order valence-corrected chi connectivity index (χ1v) is 10.7. The first kappa shape index (κ1) is 23.4. The fourth-order valence-corrected chi connectivity index (χ4v) is 3.31. The van der Waals surface area contributed by atoms with Gasteiger partial charge in [0.05, 0.1) is 0 Å². The largest absolute Gasteiger partial charge is 0.439 e. The monoisotopic (exact) mass is 487 g/mol. The van der Waals surface area contributed by atoms with Gasteiger partial charge >= 0.3 is 6.03 Å². The number of halogens is 3. The van der Waals surface area contributed by atoms with Gasteiger partial charge in [-0.3, -0.25) is 4.79 Å². The maximum absolute atomic E-state index is 13.7. The number of rotatable bonds is 7. The molecule has 0 aliphatic heterocycles. The quantitative estimate of drug-likeness (QED) is 0.377. The molecule has 0 spiro atoms. The minimum absolute atomic E-state index is 0.0335. The second-order valence-corrected chi connectivity index (χ2v) is 8.20. The highest BCUT2D eigenvalue weighted by Gasteiger charge is 2.30. The van der Waals surface area contributed by atoms with E-state index in [0.717, 1.165) is 25.8 Å². The Morgan fingerprint density at radius 1 is 1.03 bits per heavy atom. The molecule has 1 heterocycles. The molecule has 11 heteroatoms. The summed E-state index contributed by atoms with van der Waals surface area (Å²) in [5.41, 5.74) is 0.161. The minimum atomic E-state index is -3.15. The van der Waals surface area contributed by atoms with E-state index in [1.807, 2.05) is 0 Å². The summed E-state index contributed by atoms with van der Waals surface area (Å²) < 4.78 is 33.1. The predicted molar refractivity (Wildman–Crippen MR) is 124 cm³/mol. The second kappa shape index (κ2) is 9.60. The Labute approximate surface area is 198 Å². The van der Waals surface area contributed by atoms with Crippen molar-refractivity contribution < 1.29 is 23.1 Å². The summed E-state index contributed by atoms with van der Waals surface area (Å²) in [4.78, 5) is 32.3. The summed E-state index contributed by atoms with van der Waals surface area (Å²) >= 11 is 5.83. The van der Waals surface area contributed by atoms with Gasteiger partial charge in [-0.25, -0.2) is 23.5 Å². The van der Waals surface area contributed by atoms with Crippen molar-refractivity contribution in [3.63, 3.8) is 0 Å². The number of nitrogens with zero attached hydrogens (tertiary/aromatic N) is 2. The van der Waals surface area contributed by atoms with Gasteiger partial charge in [0.2, 0.25) is 11.8 Å². The van der Waals surface area contributed by atoms with E-state index in [4.69, 9.17) is 16.3 Å². The van der Waals surface area contributed by atoms with Crippen LogP contribution in [0.2, 0.25) is 5.02 Å². The Bertz CT molecular complexity index is 1230. The van der Waals surface area contributed by atoms with Gasteiger partial charge in [0.1, 0.15) is 17.9 Å². The SMILES string of the molecule is CC(F)(F)c1cc(NC(=O)Nc2cccc(Oc3cc(NC(=O)C4CC4)ncn3)c2)ccc1Cl. The lowest BCUT2D eigenvalue weighted by Crippen LogP contribution is -2.20. The van der Waals surface area contributed by atoms with Gasteiger partial charge in [0.25, 0.3) is 5.92 Å². The van der Waals surface area contributed by atoms with Crippen LogP contribution in [-0.2, 0) is 10.7 Å². The van der Waals surface area contributed by atoms with E-state index >= 15 is 0 Å². The van der Waals surface area contributed by atoms with Gasteiger partial charge in [-0.15, -0.1) is 0 Å². The third-order valence-electron chi connectivity index (χ3n) is 4.85. The zero-order valence-corrected chi connectivity index (χ0v) is 18.7. The third-order valence-corrected chi connectivity index (χ3v) is 5.18. The molecule has 1 saturated carbocycles. The molecule has 3 amide bonds. The Kier molecular flexibility index (Phi) is 6.60. The van der Waals surface area contributed by atoms with E-state index in [2.05, 4.69) is 25.9 Å². The summed E-state index contributed by atoms with van der Waals surface area (Å²) in [5.74, 6) is -2.30. The van der Waals surface area contributed by atoms with Crippen molar-refractivity contribution in [1.82, 2.24) is 9.97 Å². The van der Waals surface area contributed by atoms with Crippen LogP contribution in [0, 0.1) is 5.92 Å². The Morgan fingerprint density at radius 3 is 2.47 bits per heavy atom. The van der Waals surface area contributed by atoms with Crippen LogP contribution in [-0.4, -0.2) is 21.9 Å². The van der Waals surface area contributed by atoms with Crippen molar-refractivity contribution in [2.24, 2.45) is 5.92 Å². The van der Waals surface area contributed by atoms with E-state index < -0.39 is 12.0 Å². The molecule has 0 saturated heterocycles. The molecule has 8 nitrogen and oxygen atoms in total. The molecule has 4 rings (SSSR count). The van der Waals surface area contributed by atoms with Crippen LogP contribution in [0.25, 0.3) is 0 Å². The summed E-state index contributed by atoms with van der Waals surface area (Å²) in [6, 6.07) is 11.2. The normalized spacial score (nSPS) is 13.2. The van der Waals surface area contributed by atoms with Crippen molar-refractivity contribution in [1.29, 1.82) is 0 Å². The first-order chi connectivity index (χ1) is 16.2. The lowest BCUT2D eigenvalue weighted by Gasteiger charge is -2.15. The number of anilines is 3. The third kappa shape index (κ3) is 6.16. The van der Waals surface area contributed by atoms with Crippen LogP contribution in [0.15, 0.2) is 54.9 Å². The molecular weight excluding hydrogens is 468 g/mol. The molecule has 176 valence electrons. The molecule has 2 aromatic carbocycles. The van der Waals surface area contributed by atoms with Crippen molar-refractivity contribution in [3.05, 3.63) is 65.4 Å². The van der Waals surface area contributed by atoms with E-state index in [9.17, 15) is 18.4 Å². The average Bonchev–Trinajstić information content (AvgIpc) is 3.60. The van der Waals surface area contributed by atoms with Crippen LogP contribution in [0.4, 0.5) is 30.8 Å². The Morgan fingerprint density at radius 2 is 1.76 bits per heavy atom. The van der Waals surface area contributed by atoms with Gasteiger partial charge in [0.15, 0.2) is 0 Å². The molecule has 1 fully saturated rings. The summed E-state index contributed by atoms with van der Waals surface area (Å²) in [6.07, 6.45) is 3.02. The molecule has 0 radical (unpaired) electrons. The van der Waals surface area contributed by atoms with Gasteiger partial charge in [-0.05, 0) is 43.2 Å². The van der Waals surface area contributed by atoms with Gasteiger partial charge < -0.3 is 20.7 Å². The number of aromatic nitrogens is 2. The summed E-state index contributed by atoms with van der Waals surface area (Å²) in [5, 5.41) is 7.72. The van der Waals surface area contributed by atoms with Crippen molar-refractivity contribution in [2.45, 2.75) is 25.7 Å². The lowest BCUT2D eigenvalue weighted by atomic mass is 10.1. The van der Waals surface area contributed by atoms with Gasteiger partial charge in [-0.1, -0.05) is 17.7 Å². The van der Waals surface area contributed by atoms with E-state index in [1.54, 1.807) is 24.3 Å². The lowest BCUT2D eigenvalue weighted by molar-refractivity contribution is -0.117. The molecule has 1 aliphatic rings. The van der Waals surface area contributed by atoms with E-state index in [0.29, 0.717) is 17.3 Å². The first-order valence-electron chi connectivity index (χ1n) is 10.3. The zero-order chi connectivity index (χ0) is 24.3. The maximum Gasteiger partial charge on any atom is 0.323 e. The fourth-order valence-electron chi connectivity index (χ4n) is 3.03. The number of benzene rings is 2.